The Labute approximate surface area is 117 Å². The molecule has 19 heavy (non-hydrogen) atoms. The third-order valence-corrected chi connectivity index (χ3v) is 5.03. The van der Waals surface area contributed by atoms with Gasteiger partial charge in [-0.15, -0.1) is 0 Å². The quantitative estimate of drug-likeness (QED) is 0.837. The lowest BCUT2D eigenvalue weighted by molar-refractivity contribution is 0.183. The maximum atomic E-state index is 6.14. The van der Waals surface area contributed by atoms with Gasteiger partial charge < -0.3 is 5.73 Å². The summed E-state index contributed by atoms with van der Waals surface area (Å²) < 4.78 is 0. The van der Waals surface area contributed by atoms with Gasteiger partial charge in [0.25, 0.3) is 0 Å². The van der Waals surface area contributed by atoms with Gasteiger partial charge in [0, 0.05) is 18.3 Å². The highest BCUT2D eigenvalue weighted by molar-refractivity contribution is 5.48. The molecule has 1 aromatic carbocycles. The van der Waals surface area contributed by atoms with E-state index in [4.69, 9.17) is 5.73 Å². The molecule has 0 spiro atoms. The lowest BCUT2D eigenvalue weighted by atomic mass is 9.95. The van der Waals surface area contributed by atoms with E-state index >= 15 is 0 Å². The third-order valence-electron chi connectivity index (χ3n) is 5.03. The van der Waals surface area contributed by atoms with E-state index in [0.29, 0.717) is 0 Å². The number of likely N-dealkylation sites (tertiary alicyclic amines) is 1. The molecule has 1 unspecified atom stereocenters. The lowest BCUT2D eigenvalue weighted by Crippen LogP contribution is -2.34. The Morgan fingerprint density at radius 2 is 1.95 bits per heavy atom. The topological polar surface area (TPSA) is 29.3 Å². The molecule has 104 valence electrons. The number of benzene rings is 1. The molecule has 3 rings (SSSR count). The van der Waals surface area contributed by atoms with Crippen LogP contribution in [-0.4, -0.2) is 17.5 Å². The molecule has 0 radical (unpaired) electrons. The van der Waals surface area contributed by atoms with E-state index in [1.54, 1.807) is 0 Å². The van der Waals surface area contributed by atoms with Crippen molar-refractivity contribution in [3.63, 3.8) is 0 Å². The van der Waals surface area contributed by atoms with Crippen LogP contribution in [0.3, 0.4) is 0 Å². The molecule has 0 bridgehead atoms. The van der Waals surface area contributed by atoms with Gasteiger partial charge in [-0.25, -0.2) is 0 Å². The van der Waals surface area contributed by atoms with Crippen molar-refractivity contribution in [2.24, 2.45) is 5.92 Å². The third kappa shape index (κ3) is 2.79. The number of nitrogen functional groups attached to an aromatic ring is 1. The molecule has 1 aromatic rings. The number of anilines is 1. The number of rotatable bonds is 3. The van der Waals surface area contributed by atoms with Gasteiger partial charge in [-0.2, -0.15) is 0 Å². The van der Waals surface area contributed by atoms with Crippen molar-refractivity contribution in [1.29, 1.82) is 0 Å². The molecule has 2 heteroatoms. The molecule has 2 aliphatic rings. The Hall–Kier alpha value is -1.02. The first-order valence-electron chi connectivity index (χ1n) is 7.83. The summed E-state index contributed by atoms with van der Waals surface area (Å²) in [6.45, 7) is 4.46. The zero-order chi connectivity index (χ0) is 13.2. The maximum absolute atomic E-state index is 6.14. The van der Waals surface area contributed by atoms with Crippen LogP contribution in [0.1, 0.15) is 49.7 Å². The second kappa shape index (κ2) is 5.54. The van der Waals surface area contributed by atoms with Crippen LogP contribution in [0.25, 0.3) is 0 Å². The zero-order valence-corrected chi connectivity index (χ0v) is 12.1. The van der Waals surface area contributed by atoms with Crippen LogP contribution in [0.2, 0.25) is 0 Å². The van der Waals surface area contributed by atoms with Gasteiger partial charge in [-0.05, 0) is 56.7 Å². The number of hydrogen-bond acceptors (Lipinski definition) is 2. The standard InChI is InChI=1S/C17H26N2/c1-13-8-9-16(18)15(11-13)12-19-10-4-7-17(19)14-5-2-3-6-14/h8-9,11,14,17H,2-7,10,12,18H2,1H3. The first-order valence-corrected chi connectivity index (χ1v) is 7.83. The lowest BCUT2D eigenvalue weighted by Gasteiger charge is -2.29. The summed E-state index contributed by atoms with van der Waals surface area (Å²) in [5.74, 6) is 0.952. The predicted molar refractivity (Wildman–Crippen MR) is 81.0 cm³/mol. The van der Waals surface area contributed by atoms with E-state index in [-0.39, 0.29) is 0 Å². The average molecular weight is 258 g/mol. The molecule has 2 nitrogen and oxygen atoms in total. The van der Waals surface area contributed by atoms with E-state index in [1.165, 1.54) is 56.2 Å². The summed E-state index contributed by atoms with van der Waals surface area (Å²) in [4.78, 5) is 2.70. The normalized spacial score (nSPS) is 25.2. The van der Waals surface area contributed by atoms with E-state index < -0.39 is 0 Å². The fourth-order valence-corrected chi connectivity index (χ4v) is 4.01. The van der Waals surface area contributed by atoms with E-state index in [1.807, 2.05) is 0 Å². The molecule has 1 saturated carbocycles. The van der Waals surface area contributed by atoms with Crippen molar-refractivity contribution in [2.75, 3.05) is 12.3 Å². The van der Waals surface area contributed by atoms with Crippen molar-refractivity contribution in [2.45, 2.75) is 58.0 Å². The largest absolute Gasteiger partial charge is 0.398 e. The van der Waals surface area contributed by atoms with Crippen LogP contribution in [-0.2, 0) is 6.54 Å². The summed E-state index contributed by atoms with van der Waals surface area (Å²) in [5.41, 5.74) is 9.74. The fourth-order valence-electron chi connectivity index (χ4n) is 4.01. The predicted octanol–water partition coefficient (Wildman–Crippen LogP) is 3.73. The first-order chi connectivity index (χ1) is 9.24. The Morgan fingerprint density at radius 1 is 1.16 bits per heavy atom. The smallest absolute Gasteiger partial charge is 0.0359 e. The second-order valence-corrected chi connectivity index (χ2v) is 6.43. The second-order valence-electron chi connectivity index (χ2n) is 6.43. The van der Waals surface area contributed by atoms with E-state index in [0.717, 1.165) is 24.2 Å². The van der Waals surface area contributed by atoms with Gasteiger partial charge in [0.1, 0.15) is 0 Å². The number of nitrogens with zero attached hydrogens (tertiary/aromatic N) is 1. The summed E-state index contributed by atoms with van der Waals surface area (Å²) in [6, 6.07) is 7.25. The molecule has 1 atom stereocenters. The minimum atomic E-state index is 0.822. The summed E-state index contributed by atoms with van der Waals surface area (Å²) in [6.07, 6.45) is 8.56. The molecular formula is C17H26N2. The van der Waals surface area contributed by atoms with Gasteiger partial charge >= 0.3 is 0 Å². The molecule has 2 N–H and O–H groups in total. The van der Waals surface area contributed by atoms with Crippen LogP contribution in [0.15, 0.2) is 18.2 Å². The van der Waals surface area contributed by atoms with Crippen molar-refractivity contribution in [3.8, 4) is 0 Å². The van der Waals surface area contributed by atoms with Gasteiger partial charge in [0.05, 0.1) is 0 Å². The van der Waals surface area contributed by atoms with Crippen LogP contribution < -0.4 is 5.73 Å². The van der Waals surface area contributed by atoms with Crippen LogP contribution in [0.4, 0.5) is 5.69 Å². The molecule has 1 aliphatic carbocycles. The minimum Gasteiger partial charge on any atom is -0.398 e. The molecule has 1 aliphatic heterocycles. The van der Waals surface area contributed by atoms with Crippen molar-refractivity contribution >= 4 is 5.69 Å². The Balaban J connectivity index is 1.72. The van der Waals surface area contributed by atoms with Crippen LogP contribution in [0, 0.1) is 12.8 Å². The number of aryl methyl sites for hydroxylation is 1. The monoisotopic (exact) mass is 258 g/mol. The van der Waals surface area contributed by atoms with Crippen LogP contribution >= 0.6 is 0 Å². The van der Waals surface area contributed by atoms with E-state index in [2.05, 4.69) is 30.0 Å². The highest BCUT2D eigenvalue weighted by Gasteiger charge is 2.33. The molecule has 1 heterocycles. The van der Waals surface area contributed by atoms with Crippen molar-refractivity contribution in [3.05, 3.63) is 29.3 Å². The zero-order valence-electron chi connectivity index (χ0n) is 12.1. The number of nitrogens with two attached hydrogens (primary N) is 1. The van der Waals surface area contributed by atoms with Gasteiger partial charge in [-0.1, -0.05) is 30.5 Å². The fraction of sp³-hybridized carbons (Fsp3) is 0.647. The van der Waals surface area contributed by atoms with Gasteiger partial charge in [-0.3, -0.25) is 4.90 Å². The molecule has 2 fully saturated rings. The SMILES string of the molecule is Cc1ccc(N)c(CN2CCCC2C2CCCC2)c1. The highest BCUT2D eigenvalue weighted by atomic mass is 15.2. The van der Waals surface area contributed by atoms with Gasteiger partial charge in [0.2, 0.25) is 0 Å². The molecule has 0 amide bonds. The molecule has 1 saturated heterocycles. The highest BCUT2D eigenvalue weighted by Crippen LogP contribution is 2.36. The molecular weight excluding hydrogens is 232 g/mol. The number of hydrogen-bond donors (Lipinski definition) is 1. The maximum Gasteiger partial charge on any atom is 0.0359 e. The summed E-state index contributed by atoms with van der Waals surface area (Å²) in [5, 5.41) is 0. The Bertz CT molecular complexity index is 435. The van der Waals surface area contributed by atoms with Crippen molar-refractivity contribution < 1.29 is 0 Å². The minimum absolute atomic E-state index is 0.822. The average Bonchev–Trinajstić information content (AvgIpc) is 3.03. The summed E-state index contributed by atoms with van der Waals surface area (Å²) >= 11 is 0. The molecule has 0 aromatic heterocycles. The van der Waals surface area contributed by atoms with Crippen molar-refractivity contribution in [1.82, 2.24) is 4.90 Å². The first kappa shape index (κ1) is 13.0. The van der Waals surface area contributed by atoms with E-state index in [9.17, 15) is 0 Å². The Morgan fingerprint density at radius 3 is 2.74 bits per heavy atom. The van der Waals surface area contributed by atoms with Crippen LogP contribution in [0.5, 0.6) is 0 Å². The van der Waals surface area contributed by atoms with Gasteiger partial charge in [0.15, 0.2) is 0 Å². The summed E-state index contributed by atoms with van der Waals surface area (Å²) in [7, 11) is 0. The Kier molecular flexibility index (Phi) is 3.79.